The molecule has 2 unspecified atom stereocenters. The molecule has 1 aromatic heterocycles. The number of nitrogens with zero attached hydrogens (tertiary/aromatic N) is 1. The van der Waals surface area contributed by atoms with Gasteiger partial charge in [-0.3, -0.25) is 5.10 Å². The van der Waals surface area contributed by atoms with Gasteiger partial charge in [0.1, 0.15) is 10.6 Å². The van der Waals surface area contributed by atoms with Crippen molar-refractivity contribution in [2.45, 2.75) is 55.4 Å². The van der Waals surface area contributed by atoms with E-state index in [2.05, 4.69) is 14.9 Å². The molecule has 2 atom stereocenters. The second kappa shape index (κ2) is 6.46. The molecule has 1 saturated carbocycles. The number of rotatable bonds is 5. The van der Waals surface area contributed by atoms with Crippen LogP contribution in [0.1, 0.15) is 37.1 Å². The van der Waals surface area contributed by atoms with Crippen LogP contribution in [-0.4, -0.2) is 41.3 Å². The summed E-state index contributed by atoms with van der Waals surface area (Å²) in [5.41, 5.74) is 0.629. The molecule has 0 bridgehead atoms. The lowest BCUT2D eigenvalue weighted by Gasteiger charge is -2.30. The molecule has 1 aromatic rings. The Kier molecular flexibility index (Phi) is 5.11. The van der Waals surface area contributed by atoms with Crippen LogP contribution in [0.4, 0.5) is 0 Å². The van der Waals surface area contributed by atoms with E-state index in [1.54, 1.807) is 18.7 Å². The Labute approximate surface area is 123 Å². The third-order valence-electron chi connectivity index (χ3n) is 3.69. The van der Waals surface area contributed by atoms with Gasteiger partial charge in [0.15, 0.2) is 0 Å². The van der Waals surface area contributed by atoms with Gasteiger partial charge in [-0.1, -0.05) is 12.8 Å². The second-order valence-electron chi connectivity index (χ2n) is 5.07. The average molecular weight is 319 g/mol. The van der Waals surface area contributed by atoms with Gasteiger partial charge in [-0.05, 0) is 26.0 Å². The topological polar surface area (TPSA) is 95.1 Å². The van der Waals surface area contributed by atoms with Gasteiger partial charge in [-0.25, -0.2) is 13.1 Å². The third kappa shape index (κ3) is 3.19. The molecule has 0 aliphatic heterocycles. The molecule has 3 N–H and O–H groups in total. The van der Waals surface area contributed by atoms with Crippen LogP contribution in [-0.2, 0) is 16.6 Å². The van der Waals surface area contributed by atoms with Crippen molar-refractivity contribution >= 4 is 21.8 Å². The van der Waals surface area contributed by atoms with Gasteiger partial charge in [0.25, 0.3) is 0 Å². The van der Waals surface area contributed by atoms with Crippen molar-refractivity contribution in [3.05, 3.63) is 11.4 Å². The largest absolute Gasteiger partial charge is 0.390 e. The summed E-state index contributed by atoms with van der Waals surface area (Å²) >= 11 is 1.71. The van der Waals surface area contributed by atoms with Crippen LogP contribution >= 0.6 is 11.8 Å². The molecule has 2 rings (SSSR count). The van der Waals surface area contributed by atoms with E-state index in [1.807, 2.05) is 6.26 Å². The number of aryl methyl sites for hydroxylation is 1. The number of aromatic nitrogens is 2. The summed E-state index contributed by atoms with van der Waals surface area (Å²) in [5, 5.41) is 16.0. The minimum Gasteiger partial charge on any atom is -0.390 e. The Hall–Kier alpha value is -0.570. The number of aromatic amines is 1. The van der Waals surface area contributed by atoms with Gasteiger partial charge in [0.2, 0.25) is 10.0 Å². The van der Waals surface area contributed by atoms with Crippen molar-refractivity contribution in [2.75, 3.05) is 6.26 Å². The van der Waals surface area contributed by atoms with E-state index in [0.29, 0.717) is 10.9 Å². The van der Waals surface area contributed by atoms with Crippen molar-refractivity contribution in [3.8, 4) is 0 Å². The molecule has 1 aliphatic rings. The van der Waals surface area contributed by atoms with E-state index in [9.17, 15) is 13.5 Å². The zero-order chi connectivity index (χ0) is 14.8. The molecular weight excluding hydrogens is 298 g/mol. The molecule has 0 amide bonds. The number of hydrogen-bond donors (Lipinski definition) is 3. The van der Waals surface area contributed by atoms with Crippen LogP contribution in [0.15, 0.2) is 4.90 Å². The van der Waals surface area contributed by atoms with E-state index in [1.165, 1.54) is 0 Å². The molecule has 1 fully saturated rings. The van der Waals surface area contributed by atoms with Gasteiger partial charge in [0, 0.05) is 11.3 Å². The predicted octanol–water partition coefficient (Wildman–Crippen LogP) is 1.16. The zero-order valence-corrected chi connectivity index (χ0v) is 13.4. The van der Waals surface area contributed by atoms with Gasteiger partial charge in [-0.2, -0.15) is 16.9 Å². The maximum Gasteiger partial charge on any atom is 0.244 e. The minimum atomic E-state index is -3.65. The number of H-pyrrole nitrogens is 1. The van der Waals surface area contributed by atoms with E-state index in [4.69, 9.17) is 0 Å². The molecule has 0 saturated heterocycles. The van der Waals surface area contributed by atoms with Gasteiger partial charge < -0.3 is 5.11 Å². The number of nitrogens with one attached hydrogen (secondary N) is 2. The fraction of sp³-hybridized carbons (Fsp3) is 0.750. The van der Waals surface area contributed by atoms with Crippen LogP contribution in [0.5, 0.6) is 0 Å². The lowest BCUT2D eigenvalue weighted by atomic mass is 9.96. The van der Waals surface area contributed by atoms with Crippen LogP contribution in [0.3, 0.4) is 0 Å². The van der Waals surface area contributed by atoms with Crippen molar-refractivity contribution < 1.29 is 13.5 Å². The fourth-order valence-electron chi connectivity index (χ4n) is 2.71. The van der Waals surface area contributed by atoms with Crippen LogP contribution in [0.25, 0.3) is 0 Å². The first-order chi connectivity index (χ1) is 9.49. The van der Waals surface area contributed by atoms with Crippen LogP contribution < -0.4 is 4.72 Å². The highest BCUT2D eigenvalue weighted by Crippen LogP contribution is 2.29. The molecule has 20 heavy (non-hydrogen) atoms. The Morgan fingerprint density at radius 1 is 1.45 bits per heavy atom. The van der Waals surface area contributed by atoms with Crippen molar-refractivity contribution in [2.24, 2.45) is 0 Å². The number of thioether (sulfide) groups is 1. The van der Waals surface area contributed by atoms with E-state index in [0.717, 1.165) is 25.7 Å². The maximum absolute atomic E-state index is 12.5. The summed E-state index contributed by atoms with van der Waals surface area (Å²) in [6.07, 6.45) is 6.10. The standard InChI is InChI=1S/C12H21N3O3S2/c1-8-12(10(7-16)14-13-8)20(17,18)15-9-5-3-4-6-11(9)19-2/h9,11,15-16H,3-7H2,1-2H3,(H,13,14). The second-order valence-corrected chi connectivity index (χ2v) is 7.80. The highest BCUT2D eigenvalue weighted by Gasteiger charge is 2.31. The van der Waals surface area contributed by atoms with E-state index < -0.39 is 16.6 Å². The Morgan fingerprint density at radius 3 is 2.80 bits per heavy atom. The summed E-state index contributed by atoms with van der Waals surface area (Å²) < 4.78 is 27.9. The predicted molar refractivity (Wildman–Crippen MR) is 79.1 cm³/mol. The summed E-state index contributed by atoms with van der Waals surface area (Å²) in [5.74, 6) is 0. The molecule has 8 heteroatoms. The third-order valence-corrected chi connectivity index (χ3v) is 6.55. The zero-order valence-electron chi connectivity index (χ0n) is 11.7. The van der Waals surface area contributed by atoms with Gasteiger partial charge >= 0.3 is 0 Å². The Bertz CT molecular complexity index is 556. The molecule has 1 heterocycles. The summed E-state index contributed by atoms with van der Waals surface area (Å²) in [6.45, 7) is 1.25. The van der Waals surface area contributed by atoms with Crippen molar-refractivity contribution in [1.29, 1.82) is 0 Å². The van der Waals surface area contributed by atoms with Crippen LogP contribution in [0.2, 0.25) is 0 Å². The summed E-state index contributed by atoms with van der Waals surface area (Å²) in [7, 11) is -3.65. The molecule has 1 aliphatic carbocycles. The molecular formula is C12H21N3O3S2. The van der Waals surface area contributed by atoms with Crippen molar-refractivity contribution in [3.63, 3.8) is 0 Å². The highest BCUT2D eigenvalue weighted by atomic mass is 32.2. The molecule has 0 radical (unpaired) electrons. The van der Waals surface area contributed by atoms with Crippen molar-refractivity contribution in [1.82, 2.24) is 14.9 Å². The molecule has 0 spiro atoms. The first kappa shape index (κ1) is 15.8. The summed E-state index contributed by atoms with van der Waals surface area (Å²) in [6, 6.07) is -0.0513. The molecule has 114 valence electrons. The Balaban J connectivity index is 2.24. The number of sulfonamides is 1. The Morgan fingerprint density at radius 2 is 2.15 bits per heavy atom. The smallest absolute Gasteiger partial charge is 0.244 e. The molecule has 0 aromatic carbocycles. The minimum absolute atomic E-state index is 0.0513. The van der Waals surface area contributed by atoms with Crippen LogP contribution in [0, 0.1) is 6.92 Å². The lowest BCUT2D eigenvalue weighted by Crippen LogP contribution is -2.43. The monoisotopic (exact) mass is 319 g/mol. The van der Waals surface area contributed by atoms with Gasteiger partial charge in [0.05, 0.1) is 12.3 Å². The normalized spacial score (nSPS) is 23.9. The number of hydrogen-bond acceptors (Lipinski definition) is 5. The first-order valence-electron chi connectivity index (χ1n) is 6.69. The van der Waals surface area contributed by atoms with E-state index in [-0.39, 0.29) is 16.6 Å². The SMILES string of the molecule is CSC1CCCCC1NS(=O)(=O)c1c(CO)n[nH]c1C. The average Bonchev–Trinajstić information content (AvgIpc) is 2.81. The fourth-order valence-corrected chi connectivity index (χ4v) is 5.39. The lowest BCUT2D eigenvalue weighted by molar-refractivity contribution is 0.273. The maximum atomic E-state index is 12.5. The van der Waals surface area contributed by atoms with Gasteiger partial charge in [-0.15, -0.1) is 0 Å². The van der Waals surface area contributed by atoms with E-state index >= 15 is 0 Å². The quantitative estimate of drug-likeness (QED) is 0.757. The highest BCUT2D eigenvalue weighted by molar-refractivity contribution is 7.99. The molecule has 6 nitrogen and oxygen atoms in total. The first-order valence-corrected chi connectivity index (χ1v) is 9.46. The number of aliphatic hydroxyl groups is 1. The summed E-state index contributed by atoms with van der Waals surface area (Å²) in [4.78, 5) is 0.0884. The number of aliphatic hydroxyl groups excluding tert-OH is 1.